The topological polar surface area (TPSA) is 59.1 Å². The number of anilines is 1. The van der Waals surface area contributed by atoms with Crippen LogP contribution < -0.4 is 4.72 Å². The number of hydrogen-bond acceptors (Lipinski definition) is 3. The molecule has 1 aliphatic carbocycles. The van der Waals surface area contributed by atoms with Crippen molar-refractivity contribution in [3.05, 3.63) is 52.1 Å². The zero-order valence-corrected chi connectivity index (χ0v) is 13.0. The van der Waals surface area contributed by atoms with Gasteiger partial charge in [0.15, 0.2) is 0 Å². The van der Waals surface area contributed by atoms with E-state index in [-0.39, 0.29) is 0 Å². The van der Waals surface area contributed by atoms with Gasteiger partial charge in [0.25, 0.3) is 10.0 Å². The molecule has 1 N–H and O–H groups in total. The highest BCUT2D eigenvalue weighted by atomic mass is 79.9. The summed E-state index contributed by atoms with van der Waals surface area (Å²) in [6, 6.07) is 8.70. The van der Waals surface area contributed by atoms with E-state index in [1.54, 1.807) is 30.5 Å². The van der Waals surface area contributed by atoms with Crippen LogP contribution in [0.3, 0.4) is 0 Å². The Bertz CT molecular complexity index is 742. The van der Waals surface area contributed by atoms with Crippen molar-refractivity contribution >= 4 is 31.8 Å². The van der Waals surface area contributed by atoms with Crippen LogP contribution in [0.2, 0.25) is 0 Å². The van der Waals surface area contributed by atoms with E-state index in [0.29, 0.717) is 10.7 Å². The molecule has 1 aromatic heterocycles. The molecule has 0 radical (unpaired) electrons. The summed E-state index contributed by atoms with van der Waals surface area (Å²) in [5.41, 5.74) is 2.39. The second kappa shape index (κ2) is 5.18. The maximum Gasteiger partial charge on any atom is 0.263 e. The van der Waals surface area contributed by atoms with Gasteiger partial charge in [0.1, 0.15) is 5.82 Å². The molecule has 0 saturated heterocycles. The Balaban J connectivity index is 1.90. The van der Waals surface area contributed by atoms with Crippen molar-refractivity contribution in [2.24, 2.45) is 0 Å². The van der Waals surface area contributed by atoms with E-state index in [2.05, 4.69) is 25.6 Å². The molecule has 3 rings (SSSR count). The maximum atomic E-state index is 12.3. The van der Waals surface area contributed by atoms with Gasteiger partial charge in [-0.25, -0.2) is 13.4 Å². The molecule has 2 aromatic rings. The lowest BCUT2D eigenvalue weighted by Crippen LogP contribution is -2.14. The monoisotopic (exact) mass is 352 g/mol. The van der Waals surface area contributed by atoms with Crippen LogP contribution in [-0.2, 0) is 22.9 Å². The fourth-order valence-corrected chi connectivity index (χ4v) is 3.64. The average molecular weight is 353 g/mol. The number of aromatic nitrogens is 1. The summed E-state index contributed by atoms with van der Waals surface area (Å²) < 4.78 is 27.9. The molecule has 0 fully saturated rings. The Labute approximate surface area is 126 Å². The van der Waals surface area contributed by atoms with E-state index in [1.165, 1.54) is 5.56 Å². The van der Waals surface area contributed by atoms with Gasteiger partial charge in [-0.2, -0.15) is 0 Å². The van der Waals surface area contributed by atoms with Gasteiger partial charge in [0, 0.05) is 10.7 Å². The molecule has 0 atom stereocenters. The molecular weight excluding hydrogens is 340 g/mol. The Kier molecular flexibility index (Phi) is 3.52. The first-order valence-corrected chi connectivity index (χ1v) is 8.58. The van der Waals surface area contributed by atoms with Crippen molar-refractivity contribution in [1.29, 1.82) is 0 Å². The third-order valence-corrected chi connectivity index (χ3v) is 5.17. The zero-order valence-electron chi connectivity index (χ0n) is 10.6. The molecule has 0 aliphatic heterocycles. The molecular formula is C14H13BrN2O2S. The Morgan fingerprint density at radius 1 is 1.10 bits per heavy atom. The fourth-order valence-electron chi connectivity index (χ4n) is 2.35. The average Bonchev–Trinajstić information content (AvgIpc) is 2.88. The third-order valence-electron chi connectivity index (χ3n) is 3.35. The van der Waals surface area contributed by atoms with Crippen LogP contribution in [0.25, 0.3) is 0 Å². The first kappa shape index (κ1) is 13.6. The fraction of sp³-hybridized carbons (Fsp3) is 0.214. The van der Waals surface area contributed by atoms with Crippen LogP contribution in [0.1, 0.15) is 17.5 Å². The number of rotatable bonds is 3. The number of nitrogens with zero attached hydrogens (tertiary/aromatic N) is 1. The third kappa shape index (κ3) is 2.71. The first-order valence-electron chi connectivity index (χ1n) is 6.31. The molecule has 1 aliphatic rings. The Hall–Kier alpha value is -1.40. The van der Waals surface area contributed by atoms with Crippen molar-refractivity contribution < 1.29 is 8.42 Å². The molecule has 0 saturated carbocycles. The van der Waals surface area contributed by atoms with Crippen molar-refractivity contribution in [3.8, 4) is 0 Å². The van der Waals surface area contributed by atoms with E-state index in [0.717, 1.165) is 29.3 Å². The molecule has 0 spiro atoms. The SMILES string of the molecule is O=S(=O)(Nc1ccc(Br)cn1)c1ccc2c(c1)CCC2. The van der Waals surface area contributed by atoms with Crippen LogP contribution in [0.4, 0.5) is 5.82 Å². The quantitative estimate of drug-likeness (QED) is 0.922. The lowest BCUT2D eigenvalue weighted by Gasteiger charge is -2.09. The summed E-state index contributed by atoms with van der Waals surface area (Å²) in [4.78, 5) is 4.32. The minimum atomic E-state index is -3.58. The number of sulfonamides is 1. The van der Waals surface area contributed by atoms with E-state index < -0.39 is 10.0 Å². The summed E-state index contributed by atoms with van der Waals surface area (Å²) in [6.07, 6.45) is 4.65. The second-order valence-corrected chi connectivity index (χ2v) is 7.35. The minimum Gasteiger partial charge on any atom is -0.263 e. The number of fused-ring (bicyclic) bond motifs is 1. The molecule has 1 aromatic carbocycles. The zero-order chi connectivity index (χ0) is 14.2. The predicted molar refractivity (Wildman–Crippen MR) is 81.2 cm³/mol. The van der Waals surface area contributed by atoms with Crippen LogP contribution in [0, 0.1) is 0 Å². The van der Waals surface area contributed by atoms with Gasteiger partial charge in [0.2, 0.25) is 0 Å². The maximum absolute atomic E-state index is 12.3. The number of benzene rings is 1. The summed E-state index contributed by atoms with van der Waals surface area (Å²) in [6.45, 7) is 0. The van der Waals surface area contributed by atoms with E-state index in [9.17, 15) is 8.42 Å². The number of hydrogen-bond donors (Lipinski definition) is 1. The van der Waals surface area contributed by atoms with Crippen LogP contribution in [0.15, 0.2) is 45.9 Å². The smallest absolute Gasteiger partial charge is 0.263 e. The molecule has 104 valence electrons. The second-order valence-electron chi connectivity index (χ2n) is 4.75. The van der Waals surface area contributed by atoms with Gasteiger partial charge in [-0.1, -0.05) is 6.07 Å². The summed E-state index contributed by atoms with van der Waals surface area (Å²) in [5, 5.41) is 0. The van der Waals surface area contributed by atoms with Gasteiger partial charge in [-0.05, 0) is 70.6 Å². The Morgan fingerprint density at radius 2 is 1.90 bits per heavy atom. The number of aryl methyl sites for hydroxylation is 2. The highest BCUT2D eigenvalue weighted by molar-refractivity contribution is 9.10. The lowest BCUT2D eigenvalue weighted by molar-refractivity contribution is 0.601. The highest BCUT2D eigenvalue weighted by Crippen LogP contribution is 2.25. The lowest BCUT2D eigenvalue weighted by atomic mass is 10.1. The number of pyridine rings is 1. The molecule has 1 heterocycles. The summed E-state index contributed by atoms with van der Waals surface area (Å²) in [5.74, 6) is 0.314. The van der Waals surface area contributed by atoms with Crippen molar-refractivity contribution in [3.63, 3.8) is 0 Å². The summed E-state index contributed by atoms with van der Waals surface area (Å²) in [7, 11) is -3.58. The normalized spacial score (nSPS) is 14.1. The van der Waals surface area contributed by atoms with Gasteiger partial charge >= 0.3 is 0 Å². The molecule has 0 unspecified atom stereocenters. The van der Waals surface area contributed by atoms with E-state index in [1.807, 2.05) is 6.07 Å². The van der Waals surface area contributed by atoms with E-state index in [4.69, 9.17) is 0 Å². The Morgan fingerprint density at radius 3 is 2.65 bits per heavy atom. The van der Waals surface area contributed by atoms with Crippen LogP contribution in [0.5, 0.6) is 0 Å². The number of halogens is 1. The van der Waals surface area contributed by atoms with Gasteiger partial charge in [-0.15, -0.1) is 0 Å². The van der Waals surface area contributed by atoms with Crippen molar-refractivity contribution in [1.82, 2.24) is 4.98 Å². The van der Waals surface area contributed by atoms with Gasteiger partial charge in [-0.3, -0.25) is 4.72 Å². The minimum absolute atomic E-state index is 0.294. The van der Waals surface area contributed by atoms with Gasteiger partial charge < -0.3 is 0 Å². The molecule has 0 amide bonds. The standard InChI is InChI=1S/C14H13BrN2O2S/c15-12-5-7-14(16-9-12)17-20(18,19)13-6-4-10-2-1-3-11(10)8-13/h4-9H,1-3H2,(H,16,17). The summed E-state index contributed by atoms with van der Waals surface area (Å²) >= 11 is 3.26. The highest BCUT2D eigenvalue weighted by Gasteiger charge is 2.18. The predicted octanol–water partition coefficient (Wildman–Crippen LogP) is 3.13. The van der Waals surface area contributed by atoms with Crippen LogP contribution in [-0.4, -0.2) is 13.4 Å². The molecule has 20 heavy (non-hydrogen) atoms. The van der Waals surface area contributed by atoms with Crippen molar-refractivity contribution in [2.45, 2.75) is 24.2 Å². The molecule has 0 bridgehead atoms. The van der Waals surface area contributed by atoms with Gasteiger partial charge in [0.05, 0.1) is 4.90 Å². The first-order chi connectivity index (χ1) is 9.54. The molecule has 6 heteroatoms. The van der Waals surface area contributed by atoms with Crippen molar-refractivity contribution in [2.75, 3.05) is 4.72 Å². The largest absolute Gasteiger partial charge is 0.263 e. The van der Waals surface area contributed by atoms with E-state index >= 15 is 0 Å². The van der Waals surface area contributed by atoms with Crippen LogP contribution >= 0.6 is 15.9 Å². The number of nitrogens with one attached hydrogen (secondary N) is 1. The molecule has 4 nitrogen and oxygen atoms in total.